The van der Waals surface area contributed by atoms with Gasteiger partial charge in [0, 0.05) is 68.7 Å². The molecule has 1 fully saturated rings. The van der Waals surface area contributed by atoms with Crippen LogP contribution in [-0.2, 0) is 92.8 Å². The Bertz CT molecular complexity index is 4110. The van der Waals surface area contributed by atoms with Crippen LogP contribution in [0.4, 0.5) is 0 Å². The number of fused-ring (bicyclic) bond motifs is 1. The Morgan fingerprint density at radius 3 is 1.49 bits per heavy atom. The molecule has 112 heavy (non-hydrogen) atoms. The minimum atomic E-state index is -1.96. The number of aliphatic hydroxyl groups is 2. The van der Waals surface area contributed by atoms with Crippen LogP contribution in [-0.4, -0.2) is 223 Å². The first-order chi connectivity index (χ1) is 53.1. The fraction of sp³-hybridized carbons (Fsp3) is 0.461. The third kappa shape index (κ3) is 27.5. The van der Waals surface area contributed by atoms with Crippen LogP contribution in [0, 0.1) is 17.2 Å². The summed E-state index contributed by atoms with van der Waals surface area (Å²) in [5.74, 6) is -15.9. The molecule has 1 aliphatic heterocycles. The molecule has 36 nitrogen and oxygen atoms in total. The number of amides is 12. The van der Waals surface area contributed by atoms with Gasteiger partial charge in [0.15, 0.2) is 5.96 Å². The predicted octanol–water partition coefficient (Wildman–Crippen LogP) is -2.53. The smallest absolute Gasteiger partial charge is 0.328 e. The van der Waals surface area contributed by atoms with E-state index >= 15 is 4.79 Å². The van der Waals surface area contributed by atoms with Crippen LogP contribution in [0.3, 0.4) is 0 Å². The lowest BCUT2D eigenvalue weighted by molar-refractivity contribution is -0.144. The van der Waals surface area contributed by atoms with Gasteiger partial charge in [-0.15, -0.1) is 0 Å². The minimum absolute atomic E-state index is 0.00800. The van der Waals surface area contributed by atoms with Gasteiger partial charge in [-0.1, -0.05) is 119 Å². The van der Waals surface area contributed by atoms with Crippen molar-refractivity contribution in [3.63, 3.8) is 0 Å². The number of aromatic amines is 1. The number of aliphatic hydroxyl groups excluding tert-OH is 2. The highest BCUT2D eigenvalue weighted by molar-refractivity contribution is 6.00. The van der Waals surface area contributed by atoms with E-state index in [1.54, 1.807) is 131 Å². The summed E-state index contributed by atoms with van der Waals surface area (Å²) in [6.07, 6.45) is -3.56. The van der Waals surface area contributed by atoms with Crippen LogP contribution < -0.4 is 75.7 Å². The van der Waals surface area contributed by atoms with Crippen molar-refractivity contribution < 1.29 is 92.7 Å². The van der Waals surface area contributed by atoms with Gasteiger partial charge in [-0.25, -0.2) is 4.79 Å². The second-order valence-electron chi connectivity index (χ2n) is 28.2. The number of phenols is 1. The number of nitrogens with one attached hydrogen (secondary N) is 13. The number of hydrogen-bond donors (Lipinski definition) is 21. The minimum Gasteiger partial charge on any atom is -0.508 e. The Balaban J connectivity index is 1.28. The van der Waals surface area contributed by atoms with Crippen LogP contribution >= 0.6 is 0 Å². The average molecular weight is 1560 g/mol. The number of carbonyl (C=O) groups excluding carboxylic acids is 12. The molecular weight excluding hydrogens is 1450 g/mol. The molecule has 0 radical (unpaired) electrons. The van der Waals surface area contributed by atoms with Gasteiger partial charge in [-0.05, 0) is 97.7 Å². The second kappa shape index (κ2) is 43.4. The van der Waals surface area contributed by atoms with Crippen molar-refractivity contribution in [1.29, 1.82) is 5.41 Å². The molecule has 1 saturated heterocycles. The molecule has 24 N–H and O–H groups in total. The summed E-state index contributed by atoms with van der Waals surface area (Å²) >= 11 is 0. The van der Waals surface area contributed by atoms with E-state index in [0.717, 1.165) is 6.92 Å². The maximum absolute atomic E-state index is 15.0. The second-order valence-corrected chi connectivity index (χ2v) is 28.2. The summed E-state index contributed by atoms with van der Waals surface area (Å²) in [7, 11) is 0. The van der Waals surface area contributed by atoms with Crippen molar-refractivity contribution >= 4 is 99.7 Å². The van der Waals surface area contributed by atoms with Crippen molar-refractivity contribution in [3.8, 4) is 5.75 Å². The number of hydrogen-bond acceptors (Lipinski definition) is 19. The van der Waals surface area contributed by atoms with Crippen LogP contribution in [0.2, 0.25) is 0 Å². The third-order valence-corrected chi connectivity index (χ3v) is 18.7. The number of nitrogens with two attached hydrogens (primary N) is 3. The largest absolute Gasteiger partial charge is 0.508 e. The number of aromatic hydroxyl groups is 1. The zero-order valence-electron chi connectivity index (χ0n) is 62.9. The number of primary amides is 1. The number of carbonyl (C=O) groups is 14. The van der Waals surface area contributed by atoms with Crippen molar-refractivity contribution in [1.82, 2.24) is 68.4 Å². The SMILES string of the molecule is CC(C)[C@H](N)C(=O)N[C@H](C(=O)N[C@@H](Cc1ccc(O)cc1)C(=O)N1CCC[C@H]1C(=O)N[C@@H](Cc1c[nH]c2ccccc12)C(=O)N[C@H](C(=O)N[C@@H](CCC(N)=O)C(=O)N[C@@H](CCCNC(=N)N)C(=O)N[C@@H](Cc1ccccc1)C(=O)N[C@@H](Cc1ccccc1)C(=O)N[C@@H](CCC(=O)O)C(=O)N[C@@H](CO)C(=O)O)[C@@H](C)O)C(C)C. The number of nitrogens with zero attached hydrogens (tertiary/aromatic N) is 1. The van der Waals surface area contributed by atoms with Gasteiger partial charge in [-0.2, -0.15) is 0 Å². The normalized spacial score (nSPS) is 15.8. The standard InChI is InChI=1S/C76H103N17O19/c1-40(2)61(78)71(107)91-62(41(3)4)72(108)89-56(36-45-24-26-47(96)27-25-45)74(110)93-33-15-23-58(93)70(106)88-55(37-46-38-82-49-21-13-12-20-48(46)49)69(105)92-63(42(5)95)73(109)85-51(28-30-59(77)97)65(101)83-50(22-14-32-81-76(79)80)64(100)86-54(35-44-18-10-7-11-19-44)68(104)87-53(34-43-16-8-6-9-17-43)67(103)84-52(29-31-60(98)99)66(102)90-57(39-94)75(111)112/h6-13,16-21,24-27,38,40-42,50-58,61-63,82,94-96H,14-15,22-23,28-37,39,78H2,1-5H3,(H2,77,97)(H,83,101)(H,84,103)(H,85,109)(H,86,100)(H,87,104)(H,88,106)(H,89,108)(H,90,102)(H,91,107)(H,92,105)(H,98,99)(H,111,112)(H4,79,80,81)/t42-,50+,51+,52+,53+,54+,55+,56+,57+,58+,61+,62+,63+/m1/s1. The number of H-pyrrole nitrogens is 1. The number of aliphatic carboxylic acids is 2. The Labute approximate surface area is 645 Å². The number of rotatable bonds is 44. The van der Waals surface area contributed by atoms with E-state index in [1.807, 2.05) is 5.32 Å². The number of carboxylic acids is 2. The lowest BCUT2D eigenvalue weighted by Gasteiger charge is -2.32. The Morgan fingerprint density at radius 2 is 0.973 bits per heavy atom. The Morgan fingerprint density at radius 1 is 0.518 bits per heavy atom. The number of guanidine groups is 1. The molecule has 6 rings (SSSR count). The first-order valence-electron chi connectivity index (χ1n) is 36.7. The summed E-state index contributed by atoms with van der Waals surface area (Å²) in [6.45, 7) is 6.87. The van der Waals surface area contributed by atoms with E-state index in [0.29, 0.717) is 33.2 Å². The predicted molar refractivity (Wildman–Crippen MR) is 407 cm³/mol. The third-order valence-electron chi connectivity index (χ3n) is 18.7. The fourth-order valence-corrected chi connectivity index (χ4v) is 12.4. The number of phenolic OH excluding ortho intramolecular Hbond substituents is 1. The number of aromatic nitrogens is 1. The molecule has 0 aliphatic carbocycles. The van der Waals surface area contributed by atoms with E-state index in [4.69, 9.17) is 22.6 Å². The van der Waals surface area contributed by atoms with Gasteiger partial charge in [-0.3, -0.25) is 67.7 Å². The Kier molecular flexibility index (Phi) is 34.4. The number of para-hydroxylation sites is 1. The summed E-state index contributed by atoms with van der Waals surface area (Å²) in [4.78, 5) is 200. The highest BCUT2D eigenvalue weighted by Crippen LogP contribution is 2.24. The van der Waals surface area contributed by atoms with Gasteiger partial charge in [0.05, 0.1) is 18.8 Å². The maximum Gasteiger partial charge on any atom is 0.328 e. The van der Waals surface area contributed by atoms with Crippen LogP contribution in [0.25, 0.3) is 10.9 Å². The van der Waals surface area contributed by atoms with Gasteiger partial charge in [0.25, 0.3) is 0 Å². The molecule has 13 atom stereocenters. The van der Waals surface area contributed by atoms with Crippen LogP contribution in [0.1, 0.15) is 108 Å². The topological polar surface area (TPSA) is 593 Å². The van der Waals surface area contributed by atoms with Crippen molar-refractivity contribution in [2.45, 2.75) is 190 Å². The highest BCUT2D eigenvalue weighted by Gasteiger charge is 2.42. The summed E-state index contributed by atoms with van der Waals surface area (Å²) in [5.41, 5.74) is 19.8. The molecule has 2 heterocycles. The molecule has 4 aromatic carbocycles. The molecular formula is C76H103N17O19. The van der Waals surface area contributed by atoms with Gasteiger partial charge in [0.1, 0.15) is 72.2 Å². The summed E-state index contributed by atoms with van der Waals surface area (Å²) < 4.78 is 0. The maximum atomic E-state index is 15.0. The summed E-state index contributed by atoms with van der Waals surface area (Å²) in [6, 6.07) is 10.5. The average Bonchev–Trinajstić information content (AvgIpc) is 1.64. The molecule has 5 aromatic rings. The zero-order valence-corrected chi connectivity index (χ0v) is 62.9. The Hall–Kier alpha value is -12.1. The van der Waals surface area contributed by atoms with Crippen molar-refractivity contribution in [2.75, 3.05) is 19.7 Å². The van der Waals surface area contributed by atoms with Crippen molar-refractivity contribution in [3.05, 3.63) is 138 Å². The van der Waals surface area contributed by atoms with Crippen LogP contribution in [0.5, 0.6) is 5.75 Å². The lowest BCUT2D eigenvalue weighted by atomic mass is 9.98. The molecule has 0 unspecified atom stereocenters. The molecule has 0 spiro atoms. The number of benzene rings is 4. The number of carboxylic acid groups (broad SMARTS) is 2. The van der Waals surface area contributed by atoms with E-state index in [9.17, 15) is 87.9 Å². The quantitative estimate of drug-likeness (QED) is 0.0109. The van der Waals surface area contributed by atoms with E-state index in [-0.39, 0.29) is 76.1 Å². The van der Waals surface area contributed by atoms with Crippen LogP contribution in [0.15, 0.2) is 115 Å². The monoisotopic (exact) mass is 1560 g/mol. The first-order valence-corrected chi connectivity index (χ1v) is 36.7. The summed E-state index contributed by atoms with van der Waals surface area (Å²) in [5, 5.41) is 86.5. The van der Waals surface area contributed by atoms with Gasteiger partial charge in [0.2, 0.25) is 70.9 Å². The van der Waals surface area contributed by atoms with Gasteiger partial charge >= 0.3 is 11.9 Å². The molecule has 1 aromatic heterocycles. The van der Waals surface area contributed by atoms with E-state index in [1.165, 1.54) is 17.0 Å². The molecule has 36 heteroatoms. The molecule has 12 amide bonds. The molecule has 0 bridgehead atoms. The van der Waals surface area contributed by atoms with E-state index < -0.39 is 206 Å². The molecule has 0 saturated carbocycles. The molecule has 1 aliphatic rings. The zero-order chi connectivity index (χ0) is 82.5. The van der Waals surface area contributed by atoms with E-state index in [2.05, 4.69) is 58.2 Å². The lowest BCUT2D eigenvalue weighted by Crippen LogP contribution is -2.62. The van der Waals surface area contributed by atoms with Crippen molar-refractivity contribution in [2.24, 2.45) is 29.0 Å². The highest BCUT2D eigenvalue weighted by atomic mass is 16.4. The number of likely N-dealkylation sites (tertiary alicyclic amines) is 1. The first kappa shape index (κ1) is 88.8. The fourth-order valence-electron chi connectivity index (χ4n) is 12.4. The molecule has 606 valence electrons. The van der Waals surface area contributed by atoms with Gasteiger partial charge < -0.3 is 111 Å².